The fourth-order valence-corrected chi connectivity index (χ4v) is 3.96. The van der Waals surface area contributed by atoms with Crippen LogP contribution in [0.5, 0.6) is 0 Å². The van der Waals surface area contributed by atoms with Crippen LogP contribution in [0.15, 0.2) is 30.7 Å². The number of aromatic amines is 1. The number of hydrogen-bond acceptors (Lipinski definition) is 4. The van der Waals surface area contributed by atoms with Crippen LogP contribution in [-0.2, 0) is 6.54 Å². The van der Waals surface area contributed by atoms with Gasteiger partial charge in [0.2, 0.25) is 0 Å². The number of H-pyrrole nitrogens is 1. The molecule has 2 amide bonds. The van der Waals surface area contributed by atoms with E-state index in [-0.39, 0.29) is 6.03 Å². The van der Waals surface area contributed by atoms with Crippen LogP contribution in [0.4, 0.5) is 10.5 Å². The zero-order valence-corrected chi connectivity index (χ0v) is 16.5. The highest BCUT2D eigenvalue weighted by atomic mass is 35.5. The van der Waals surface area contributed by atoms with Crippen molar-refractivity contribution >= 4 is 29.0 Å². The maximum atomic E-state index is 11.9. The molecule has 0 bridgehead atoms. The number of amides is 2. The Labute approximate surface area is 168 Å². The number of carbonyl (C=O) groups is 1. The van der Waals surface area contributed by atoms with Gasteiger partial charge in [-0.1, -0.05) is 11.6 Å². The van der Waals surface area contributed by atoms with Crippen LogP contribution in [-0.4, -0.2) is 50.1 Å². The number of nitrogens with zero attached hydrogens (tertiary/aromatic N) is 4. The molecule has 8 nitrogen and oxygen atoms in total. The molecular formula is C19H24ClN7O. The quantitative estimate of drug-likeness (QED) is 0.612. The van der Waals surface area contributed by atoms with E-state index in [0.717, 1.165) is 55.2 Å². The summed E-state index contributed by atoms with van der Waals surface area (Å²) in [5, 5.41) is 13.6. The number of likely N-dealkylation sites (tertiary alicyclic amines) is 1. The van der Waals surface area contributed by atoms with Crippen LogP contribution in [0, 0.1) is 0 Å². The Kier molecular flexibility index (Phi) is 5.50. The lowest BCUT2D eigenvalue weighted by Gasteiger charge is -2.32. The third-order valence-corrected chi connectivity index (χ3v) is 5.24. The van der Waals surface area contributed by atoms with Crippen molar-refractivity contribution in [1.82, 2.24) is 29.8 Å². The number of fused-ring (bicyclic) bond motifs is 1. The zero-order chi connectivity index (χ0) is 19.5. The average Bonchev–Trinajstić information content (AvgIpc) is 3.28. The predicted octanol–water partition coefficient (Wildman–Crippen LogP) is 3.23. The maximum absolute atomic E-state index is 11.9. The molecule has 0 spiro atoms. The second-order valence-corrected chi connectivity index (χ2v) is 7.54. The van der Waals surface area contributed by atoms with Gasteiger partial charge in [-0.2, -0.15) is 5.10 Å². The van der Waals surface area contributed by atoms with Gasteiger partial charge in [0.05, 0.1) is 28.3 Å². The topological polar surface area (TPSA) is 90.3 Å². The first-order valence-electron chi connectivity index (χ1n) is 9.56. The highest BCUT2D eigenvalue weighted by Gasteiger charge is 2.25. The van der Waals surface area contributed by atoms with Crippen molar-refractivity contribution in [2.75, 3.05) is 25.0 Å². The molecule has 3 aromatic heterocycles. The van der Waals surface area contributed by atoms with Gasteiger partial charge in [-0.3, -0.25) is 10.00 Å². The molecule has 0 unspecified atom stereocenters. The molecule has 3 N–H and O–H groups in total. The van der Waals surface area contributed by atoms with Crippen molar-refractivity contribution in [3.63, 3.8) is 0 Å². The molecule has 0 aromatic carbocycles. The number of halogens is 1. The molecule has 4 rings (SSSR count). The molecule has 0 saturated carbocycles. The van der Waals surface area contributed by atoms with Crippen LogP contribution < -0.4 is 10.6 Å². The summed E-state index contributed by atoms with van der Waals surface area (Å²) >= 11 is 6.06. The van der Waals surface area contributed by atoms with E-state index in [1.54, 1.807) is 6.20 Å². The molecule has 148 valence electrons. The van der Waals surface area contributed by atoms with Crippen molar-refractivity contribution in [2.24, 2.45) is 0 Å². The number of urea groups is 1. The fraction of sp³-hybridized carbons (Fsp3) is 0.421. The first-order valence-corrected chi connectivity index (χ1v) is 9.93. The molecule has 1 saturated heterocycles. The van der Waals surface area contributed by atoms with E-state index in [1.807, 2.05) is 35.9 Å². The second kappa shape index (κ2) is 8.20. The summed E-state index contributed by atoms with van der Waals surface area (Å²) in [6.07, 6.45) is 7.72. The minimum atomic E-state index is -0.207. The SMILES string of the molecule is CCNC(=O)Nc1cn[nH]c1[C@@H]1CCCN(Cc2cn3cc(Cl)ccc3n2)C1. The van der Waals surface area contributed by atoms with E-state index in [1.165, 1.54) is 0 Å². The molecule has 0 radical (unpaired) electrons. The van der Waals surface area contributed by atoms with E-state index in [4.69, 9.17) is 16.6 Å². The van der Waals surface area contributed by atoms with Gasteiger partial charge in [0, 0.05) is 37.9 Å². The lowest BCUT2D eigenvalue weighted by molar-refractivity contribution is 0.197. The number of hydrogen-bond donors (Lipinski definition) is 3. The van der Waals surface area contributed by atoms with E-state index >= 15 is 0 Å². The molecule has 9 heteroatoms. The van der Waals surface area contributed by atoms with Crippen LogP contribution in [0.25, 0.3) is 5.65 Å². The number of nitrogens with one attached hydrogen (secondary N) is 3. The van der Waals surface area contributed by atoms with Crippen molar-refractivity contribution in [1.29, 1.82) is 0 Å². The maximum Gasteiger partial charge on any atom is 0.319 e. The highest BCUT2D eigenvalue weighted by Crippen LogP contribution is 2.31. The van der Waals surface area contributed by atoms with E-state index < -0.39 is 0 Å². The normalized spacial score (nSPS) is 17.7. The van der Waals surface area contributed by atoms with Gasteiger partial charge in [0.15, 0.2) is 0 Å². The summed E-state index contributed by atoms with van der Waals surface area (Å²) < 4.78 is 1.96. The van der Waals surface area contributed by atoms with Crippen molar-refractivity contribution in [3.8, 4) is 0 Å². The Morgan fingerprint density at radius 2 is 2.29 bits per heavy atom. The minimum Gasteiger partial charge on any atom is -0.338 e. The first-order chi connectivity index (χ1) is 13.6. The summed E-state index contributed by atoms with van der Waals surface area (Å²) in [5.74, 6) is 0.291. The number of piperidine rings is 1. The largest absolute Gasteiger partial charge is 0.338 e. The molecule has 1 atom stereocenters. The van der Waals surface area contributed by atoms with Gasteiger partial charge in [-0.05, 0) is 38.4 Å². The Morgan fingerprint density at radius 1 is 1.39 bits per heavy atom. The second-order valence-electron chi connectivity index (χ2n) is 7.10. The molecule has 1 fully saturated rings. The summed E-state index contributed by atoms with van der Waals surface area (Å²) in [6, 6.07) is 3.57. The van der Waals surface area contributed by atoms with E-state index in [0.29, 0.717) is 17.5 Å². The number of imidazole rings is 1. The summed E-state index contributed by atoms with van der Waals surface area (Å²) in [6.45, 7) is 5.17. The Bertz CT molecular complexity index is 966. The Morgan fingerprint density at radius 3 is 3.14 bits per heavy atom. The summed E-state index contributed by atoms with van der Waals surface area (Å²) in [5.41, 5.74) is 3.65. The lowest BCUT2D eigenvalue weighted by Crippen LogP contribution is -2.35. The smallest absolute Gasteiger partial charge is 0.319 e. The van der Waals surface area contributed by atoms with Gasteiger partial charge in [-0.25, -0.2) is 9.78 Å². The highest BCUT2D eigenvalue weighted by molar-refractivity contribution is 6.30. The summed E-state index contributed by atoms with van der Waals surface area (Å²) in [7, 11) is 0. The van der Waals surface area contributed by atoms with Gasteiger partial charge in [0.1, 0.15) is 5.65 Å². The monoisotopic (exact) mass is 401 g/mol. The zero-order valence-electron chi connectivity index (χ0n) is 15.8. The van der Waals surface area contributed by atoms with Crippen LogP contribution in [0.2, 0.25) is 5.02 Å². The molecule has 3 aromatic rings. The molecule has 0 aliphatic carbocycles. The number of anilines is 1. The number of carbonyl (C=O) groups excluding carboxylic acids is 1. The molecule has 1 aliphatic heterocycles. The van der Waals surface area contributed by atoms with E-state index in [9.17, 15) is 4.79 Å². The van der Waals surface area contributed by atoms with Crippen molar-refractivity contribution in [2.45, 2.75) is 32.2 Å². The molecule has 4 heterocycles. The lowest BCUT2D eigenvalue weighted by atomic mass is 9.94. The van der Waals surface area contributed by atoms with Gasteiger partial charge >= 0.3 is 6.03 Å². The third kappa shape index (κ3) is 4.13. The van der Waals surface area contributed by atoms with Gasteiger partial charge < -0.3 is 15.0 Å². The number of rotatable bonds is 5. The van der Waals surface area contributed by atoms with Gasteiger partial charge in [-0.15, -0.1) is 0 Å². The Hall–Kier alpha value is -2.58. The molecular weight excluding hydrogens is 378 g/mol. The van der Waals surface area contributed by atoms with Crippen LogP contribution in [0.3, 0.4) is 0 Å². The predicted molar refractivity (Wildman–Crippen MR) is 109 cm³/mol. The van der Waals surface area contributed by atoms with Crippen molar-refractivity contribution < 1.29 is 4.79 Å². The Balaban J connectivity index is 1.44. The minimum absolute atomic E-state index is 0.207. The fourth-order valence-electron chi connectivity index (χ4n) is 3.79. The molecule has 1 aliphatic rings. The van der Waals surface area contributed by atoms with Crippen LogP contribution in [0.1, 0.15) is 37.1 Å². The van der Waals surface area contributed by atoms with Crippen LogP contribution >= 0.6 is 11.6 Å². The summed E-state index contributed by atoms with van der Waals surface area (Å²) in [4.78, 5) is 19.0. The van der Waals surface area contributed by atoms with Crippen molar-refractivity contribution in [3.05, 3.63) is 47.1 Å². The number of aromatic nitrogens is 4. The number of pyridine rings is 1. The molecule has 28 heavy (non-hydrogen) atoms. The standard InChI is InChI=1S/C19H24ClN7O/c1-2-21-19(28)24-16-8-22-25-18(16)13-4-3-7-26(9-13)11-15-12-27-10-14(20)5-6-17(27)23-15/h5-6,8,10,12-13H,2-4,7,9,11H2,1H3,(H,22,25)(H2,21,24,28)/t13-/m1/s1. The third-order valence-electron chi connectivity index (χ3n) is 5.02. The van der Waals surface area contributed by atoms with E-state index in [2.05, 4.69) is 25.7 Å². The first kappa shape index (κ1) is 18.8. The average molecular weight is 402 g/mol. The van der Waals surface area contributed by atoms with Gasteiger partial charge in [0.25, 0.3) is 0 Å².